The van der Waals surface area contributed by atoms with Crippen molar-refractivity contribution in [1.82, 2.24) is 19.9 Å². The minimum absolute atomic E-state index is 0.284. The van der Waals surface area contributed by atoms with Crippen molar-refractivity contribution in [3.8, 4) is 0 Å². The average Bonchev–Trinajstić information content (AvgIpc) is 2.61. The maximum Gasteiger partial charge on any atom is 0.225 e. The van der Waals surface area contributed by atoms with Crippen molar-refractivity contribution < 1.29 is 4.39 Å². The number of aromatic nitrogens is 4. The fourth-order valence-electron chi connectivity index (χ4n) is 2.97. The molecule has 0 aliphatic carbocycles. The maximum atomic E-state index is 13.4. The third-order valence-corrected chi connectivity index (χ3v) is 4.22. The van der Waals surface area contributed by atoms with E-state index >= 15 is 0 Å². The molecule has 0 bridgehead atoms. The van der Waals surface area contributed by atoms with Crippen LogP contribution in [0.1, 0.15) is 5.69 Å². The summed E-state index contributed by atoms with van der Waals surface area (Å²) in [5.41, 5.74) is 1.59. The smallest absolute Gasteiger partial charge is 0.225 e. The van der Waals surface area contributed by atoms with Crippen LogP contribution in [-0.2, 0) is 0 Å². The van der Waals surface area contributed by atoms with E-state index in [1.807, 2.05) is 13.0 Å². The number of aryl methyl sites for hydroxylation is 1. The molecule has 0 atom stereocenters. The minimum Gasteiger partial charge on any atom is -0.352 e. The highest BCUT2D eigenvalue weighted by Crippen LogP contribution is 2.25. The highest BCUT2D eigenvalue weighted by Gasteiger charge is 2.21. The largest absolute Gasteiger partial charge is 0.352 e. The van der Waals surface area contributed by atoms with Crippen LogP contribution in [0.4, 0.5) is 16.2 Å². The molecule has 1 aliphatic heterocycles. The van der Waals surface area contributed by atoms with Gasteiger partial charge in [-0.25, -0.2) is 24.3 Å². The summed E-state index contributed by atoms with van der Waals surface area (Å²) in [6, 6.07) is 6.53. The summed E-state index contributed by atoms with van der Waals surface area (Å²) in [5, 5.41) is 0.874. The van der Waals surface area contributed by atoms with Crippen molar-refractivity contribution in [2.24, 2.45) is 0 Å². The molecule has 1 fully saturated rings. The average molecular weight is 324 g/mol. The third kappa shape index (κ3) is 2.73. The Morgan fingerprint density at radius 3 is 2.54 bits per heavy atom. The Balaban J connectivity index is 1.56. The molecule has 1 aromatic carbocycles. The number of anilines is 2. The van der Waals surface area contributed by atoms with Crippen molar-refractivity contribution in [1.29, 1.82) is 0 Å². The number of hydrogen-bond acceptors (Lipinski definition) is 6. The molecule has 1 aliphatic rings. The summed E-state index contributed by atoms with van der Waals surface area (Å²) < 4.78 is 13.4. The van der Waals surface area contributed by atoms with Crippen LogP contribution in [0.15, 0.2) is 36.8 Å². The first kappa shape index (κ1) is 14.7. The zero-order valence-electron chi connectivity index (χ0n) is 13.4. The molecule has 7 heteroatoms. The highest BCUT2D eigenvalue weighted by atomic mass is 19.1. The second kappa shape index (κ2) is 5.99. The lowest BCUT2D eigenvalue weighted by Gasteiger charge is -2.35. The molecule has 6 nitrogen and oxygen atoms in total. The molecule has 0 radical (unpaired) electrons. The van der Waals surface area contributed by atoms with Crippen molar-refractivity contribution in [2.45, 2.75) is 6.92 Å². The molecule has 0 spiro atoms. The normalized spacial score (nSPS) is 15.1. The molecule has 0 amide bonds. The molecule has 4 rings (SSSR count). The summed E-state index contributed by atoms with van der Waals surface area (Å²) in [6.45, 7) is 5.21. The van der Waals surface area contributed by atoms with Crippen molar-refractivity contribution in [2.75, 3.05) is 36.0 Å². The van der Waals surface area contributed by atoms with Gasteiger partial charge >= 0.3 is 0 Å². The molecular weight excluding hydrogens is 307 g/mol. The van der Waals surface area contributed by atoms with Crippen molar-refractivity contribution in [3.63, 3.8) is 0 Å². The number of hydrogen-bond donors (Lipinski definition) is 0. The van der Waals surface area contributed by atoms with E-state index in [0.717, 1.165) is 49.0 Å². The van der Waals surface area contributed by atoms with E-state index in [1.54, 1.807) is 12.3 Å². The Bertz CT molecular complexity index is 876. The third-order valence-electron chi connectivity index (χ3n) is 4.22. The molecule has 0 saturated carbocycles. The molecule has 24 heavy (non-hydrogen) atoms. The van der Waals surface area contributed by atoms with Gasteiger partial charge in [0.1, 0.15) is 18.0 Å². The van der Waals surface area contributed by atoms with Crippen LogP contribution < -0.4 is 9.80 Å². The van der Waals surface area contributed by atoms with Gasteiger partial charge in [-0.2, -0.15) is 0 Å². The molecular formula is C17H17FN6. The monoisotopic (exact) mass is 324 g/mol. The zero-order valence-corrected chi connectivity index (χ0v) is 13.4. The van der Waals surface area contributed by atoms with E-state index in [9.17, 15) is 4.39 Å². The molecule has 0 N–H and O–H groups in total. The van der Waals surface area contributed by atoms with Crippen LogP contribution in [0.25, 0.3) is 10.9 Å². The van der Waals surface area contributed by atoms with E-state index in [2.05, 4.69) is 29.7 Å². The molecule has 3 aromatic rings. The Hall–Kier alpha value is -2.83. The predicted octanol–water partition coefficient (Wildman–Crippen LogP) is 2.19. The number of nitrogens with zero attached hydrogens (tertiary/aromatic N) is 6. The fourth-order valence-corrected chi connectivity index (χ4v) is 2.97. The second-order valence-corrected chi connectivity index (χ2v) is 5.83. The van der Waals surface area contributed by atoms with Crippen molar-refractivity contribution >= 4 is 22.7 Å². The van der Waals surface area contributed by atoms with Gasteiger partial charge in [0, 0.05) is 49.5 Å². The number of rotatable bonds is 2. The Labute approximate surface area is 139 Å². The molecule has 3 heterocycles. The van der Waals surface area contributed by atoms with Gasteiger partial charge < -0.3 is 9.80 Å². The van der Waals surface area contributed by atoms with Gasteiger partial charge in [0.25, 0.3) is 0 Å². The Morgan fingerprint density at radius 2 is 1.75 bits per heavy atom. The van der Waals surface area contributed by atoms with E-state index in [1.165, 1.54) is 18.5 Å². The van der Waals surface area contributed by atoms with Gasteiger partial charge in [0.05, 0.1) is 5.52 Å². The van der Waals surface area contributed by atoms with Crippen LogP contribution in [0.5, 0.6) is 0 Å². The summed E-state index contributed by atoms with van der Waals surface area (Å²) in [7, 11) is 0. The van der Waals surface area contributed by atoms with Gasteiger partial charge in [-0.1, -0.05) is 0 Å². The van der Waals surface area contributed by atoms with E-state index in [0.29, 0.717) is 5.52 Å². The number of fused-ring (bicyclic) bond motifs is 1. The summed E-state index contributed by atoms with van der Waals surface area (Å²) in [6.07, 6.45) is 3.28. The number of benzene rings is 1. The van der Waals surface area contributed by atoms with Crippen LogP contribution in [-0.4, -0.2) is 46.1 Å². The molecule has 2 aromatic heterocycles. The lowest BCUT2D eigenvalue weighted by Crippen LogP contribution is -2.47. The summed E-state index contributed by atoms with van der Waals surface area (Å²) >= 11 is 0. The quantitative estimate of drug-likeness (QED) is 0.720. The van der Waals surface area contributed by atoms with Crippen LogP contribution in [0.3, 0.4) is 0 Å². The topological polar surface area (TPSA) is 58.0 Å². The highest BCUT2D eigenvalue weighted by molar-refractivity contribution is 5.89. The molecule has 1 saturated heterocycles. The Morgan fingerprint density at radius 1 is 0.958 bits per heavy atom. The van der Waals surface area contributed by atoms with Crippen LogP contribution in [0, 0.1) is 12.7 Å². The summed E-state index contributed by atoms with van der Waals surface area (Å²) in [4.78, 5) is 21.8. The van der Waals surface area contributed by atoms with Crippen LogP contribution >= 0.6 is 0 Å². The Kier molecular flexibility index (Phi) is 3.68. The fraction of sp³-hybridized carbons (Fsp3) is 0.294. The van der Waals surface area contributed by atoms with Gasteiger partial charge in [0.15, 0.2) is 0 Å². The second-order valence-electron chi connectivity index (χ2n) is 5.83. The number of piperazine rings is 1. The standard InChI is InChI=1S/C17H17FN6/c1-12-4-5-19-17(22-12)24-8-6-23(7-9-24)16-14-3-2-13(18)10-15(14)20-11-21-16/h2-5,10-11H,6-9H2,1H3. The van der Waals surface area contributed by atoms with Crippen molar-refractivity contribution in [3.05, 3.63) is 48.3 Å². The zero-order chi connectivity index (χ0) is 16.5. The van der Waals surface area contributed by atoms with Gasteiger partial charge in [-0.15, -0.1) is 0 Å². The lowest BCUT2D eigenvalue weighted by atomic mass is 10.2. The summed E-state index contributed by atoms with van der Waals surface area (Å²) in [5.74, 6) is 1.34. The lowest BCUT2D eigenvalue weighted by molar-refractivity contribution is 0.628. The first-order chi connectivity index (χ1) is 11.7. The van der Waals surface area contributed by atoms with E-state index in [4.69, 9.17) is 0 Å². The predicted molar refractivity (Wildman–Crippen MR) is 90.7 cm³/mol. The van der Waals surface area contributed by atoms with Gasteiger partial charge in [-0.3, -0.25) is 0 Å². The van der Waals surface area contributed by atoms with E-state index < -0.39 is 0 Å². The first-order valence-corrected chi connectivity index (χ1v) is 7.90. The van der Waals surface area contributed by atoms with Crippen LogP contribution in [0.2, 0.25) is 0 Å². The molecule has 122 valence electrons. The van der Waals surface area contributed by atoms with Gasteiger partial charge in [0.2, 0.25) is 5.95 Å². The SMILES string of the molecule is Cc1ccnc(N2CCN(c3ncnc4cc(F)ccc34)CC2)n1. The van der Waals surface area contributed by atoms with E-state index in [-0.39, 0.29) is 5.82 Å². The maximum absolute atomic E-state index is 13.4. The number of halogens is 1. The first-order valence-electron chi connectivity index (χ1n) is 7.90. The minimum atomic E-state index is -0.284. The molecule has 0 unspecified atom stereocenters. The van der Waals surface area contributed by atoms with Gasteiger partial charge in [-0.05, 0) is 25.1 Å².